The number of nitrogens with one attached hydrogen (secondary N) is 1. The van der Waals surface area contributed by atoms with Gasteiger partial charge in [0.15, 0.2) is 0 Å². The highest BCUT2D eigenvalue weighted by Crippen LogP contribution is 2.22. The third-order valence-corrected chi connectivity index (χ3v) is 3.24. The fraction of sp³-hybridized carbons (Fsp3) is 0.0667. The van der Waals surface area contributed by atoms with E-state index in [4.69, 9.17) is 0 Å². The van der Waals surface area contributed by atoms with Gasteiger partial charge in [0.25, 0.3) is 0 Å². The number of halogens is 1. The zero-order valence-corrected chi connectivity index (χ0v) is 11.1. The molecule has 0 saturated carbocycles. The van der Waals surface area contributed by atoms with Gasteiger partial charge in [-0.1, -0.05) is 49.0 Å². The van der Waals surface area contributed by atoms with Crippen molar-refractivity contribution in [3.05, 3.63) is 71.2 Å². The Morgan fingerprint density at radius 3 is 2.35 bits per heavy atom. The van der Waals surface area contributed by atoms with E-state index in [2.05, 4.69) is 40.0 Å². The van der Waals surface area contributed by atoms with Gasteiger partial charge in [-0.15, -0.1) is 0 Å². The normalized spacial score (nSPS) is 9.94. The van der Waals surface area contributed by atoms with Crippen molar-refractivity contribution in [2.24, 2.45) is 0 Å². The lowest BCUT2D eigenvalue weighted by atomic mass is 10.1. The maximum absolute atomic E-state index is 4.09. The fourth-order valence-corrected chi connectivity index (χ4v) is 2.01. The van der Waals surface area contributed by atoms with Crippen LogP contribution in [0.4, 0.5) is 5.69 Å². The van der Waals surface area contributed by atoms with Crippen LogP contribution in [0.3, 0.4) is 0 Å². The summed E-state index contributed by atoms with van der Waals surface area (Å²) in [6.45, 7) is 4.83. The van der Waals surface area contributed by atoms with Gasteiger partial charge in [0.05, 0.1) is 0 Å². The van der Waals surface area contributed by atoms with E-state index >= 15 is 0 Å². The molecule has 0 aliphatic heterocycles. The van der Waals surface area contributed by atoms with Crippen molar-refractivity contribution >= 4 is 27.2 Å². The third-order valence-electron chi connectivity index (χ3n) is 2.55. The second-order valence-electron chi connectivity index (χ2n) is 3.80. The van der Waals surface area contributed by atoms with Crippen LogP contribution in [-0.2, 0) is 0 Å². The average Bonchev–Trinajstić information content (AvgIpc) is 2.38. The molecule has 1 N–H and O–H groups in total. The van der Waals surface area contributed by atoms with E-state index in [-0.39, 0.29) is 0 Å². The van der Waals surface area contributed by atoms with E-state index in [0.29, 0.717) is 0 Å². The largest absolute Gasteiger partial charge is 0.380 e. The van der Waals surface area contributed by atoms with Crippen molar-refractivity contribution in [3.8, 4) is 0 Å². The number of hydrogen-bond donors (Lipinski definition) is 1. The molecule has 0 aliphatic rings. The Bertz CT molecular complexity index is 505. The Kier molecular flexibility index (Phi) is 3.99. The molecule has 0 aliphatic carbocycles. The molecule has 0 aromatic heterocycles. The number of hydrogen-bond acceptors (Lipinski definition) is 1. The second-order valence-corrected chi connectivity index (χ2v) is 4.66. The number of para-hydroxylation sites is 1. The average molecular weight is 288 g/mol. The fourth-order valence-electron chi connectivity index (χ4n) is 1.58. The summed E-state index contributed by atoms with van der Waals surface area (Å²) in [4.78, 5) is 0. The second kappa shape index (κ2) is 5.69. The van der Waals surface area contributed by atoms with Crippen LogP contribution in [0.15, 0.2) is 65.6 Å². The first-order valence-corrected chi connectivity index (χ1v) is 6.28. The van der Waals surface area contributed by atoms with Crippen molar-refractivity contribution in [3.63, 3.8) is 0 Å². The molecule has 86 valence electrons. The van der Waals surface area contributed by atoms with E-state index in [1.54, 1.807) is 0 Å². The number of rotatable bonds is 4. The lowest BCUT2D eigenvalue weighted by Gasteiger charge is -2.10. The topological polar surface area (TPSA) is 12.0 Å². The number of benzene rings is 2. The zero-order valence-electron chi connectivity index (χ0n) is 9.49. The predicted molar refractivity (Wildman–Crippen MR) is 78.1 cm³/mol. The summed E-state index contributed by atoms with van der Waals surface area (Å²) in [7, 11) is 0. The predicted octanol–water partition coefficient (Wildman–Crippen LogP) is 4.57. The number of anilines is 1. The highest BCUT2D eigenvalue weighted by Gasteiger charge is 2.00. The van der Waals surface area contributed by atoms with E-state index in [0.717, 1.165) is 22.3 Å². The smallest absolute Gasteiger partial charge is 0.0487 e. The molecule has 0 heterocycles. The minimum atomic E-state index is 0.743. The van der Waals surface area contributed by atoms with Crippen LogP contribution < -0.4 is 5.32 Å². The minimum absolute atomic E-state index is 0.743. The molecule has 0 radical (unpaired) electrons. The van der Waals surface area contributed by atoms with Crippen molar-refractivity contribution in [1.29, 1.82) is 0 Å². The van der Waals surface area contributed by atoms with E-state index in [1.165, 1.54) is 5.56 Å². The van der Waals surface area contributed by atoms with Gasteiger partial charge >= 0.3 is 0 Å². The molecule has 2 aromatic rings. The van der Waals surface area contributed by atoms with Crippen molar-refractivity contribution in [1.82, 2.24) is 0 Å². The van der Waals surface area contributed by atoms with Gasteiger partial charge in [-0.3, -0.25) is 0 Å². The Balaban J connectivity index is 2.00. The SMILES string of the molecule is C=C(CNc1ccccc1Br)c1ccccc1. The van der Waals surface area contributed by atoms with Crippen molar-refractivity contribution in [2.45, 2.75) is 0 Å². The lowest BCUT2D eigenvalue weighted by molar-refractivity contribution is 1.33. The molecule has 0 fully saturated rings. The first-order chi connectivity index (χ1) is 8.27. The van der Waals surface area contributed by atoms with E-state index < -0.39 is 0 Å². The molecule has 17 heavy (non-hydrogen) atoms. The van der Waals surface area contributed by atoms with Crippen molar-refractivity contribution in [2.75, 3.05) is 11.9 Å². The molecule has 2 heteroatoms. The highest BCUT2D eigenvalue weighted by molar-refractivity contribution is 9.10. The van der Waals surface area contributed by atoms with E-state index in [9.17, 15) is 0 Å². The minimum Gasteiger partial charge on any atom is -0.380 e. The maximum Gasteiger partial charge on any atom is 0.0487 e. The van der Waals surface area contributed by atoms with Crippen LogP contribution in [0, 0.1) is 0 Å². The summed E-state index contributed by atoms with van der Waals surface area (Å²) in [6.07, 6.45) is 0. The van der Waals surface area contributed by atoms with Gasteiger partial charge in [-0.05, 0) is 39.2 Å². The Hall–Kier alpha value is -1.54. The molecule has 0 atom stereocenters. The molecule has 0 amide bonds. The summed E-state index contributed by atoms with van der Waals surface area (Å²) in [5.41, 5.74) is 3.35. The lowest BCUT2D eigenvalue weighted by Crippen LogP contribution is -2.03. The Morgan fingerprint density at radius 1 is 1.00 bits per heavy atom. The molecular weight excluding hydrogens is 274 g/mol. The zero-order chi connectivity index (χ0) is 12.1. The summed E-state index contributed by atoms with van der Waals surface area (Å²) in [5, 5.41) is 3.36. The quantitative estimate of drug-likeness (QED) is 0.868. The first kappa shape index (κ1) is 11.9. The molecule has 0 spiro atoms. The van der Waals surface area contributed by atoms with Crippen LogP contribution in [-0.4, -0.2) is 6.54 Å². The van der Waals surface area contributed by atoms with Gasteiger partial charge in [0.2, 0.25) is 0 Å². The third kappa shape index (κ3) is 3.21. The first-order valence-electron chi connectivity index (χ1n) is 5.49. The Labute approximate surface area is 110 Å². The highest BCUT2D eigenvalue weighted by atomic mass is 79.9. The molecular formula is C15H14BrN. The molecule has 0 bridgehead atoms. The molecule has 0 saturated heterocycles. The molecule has 0 unspecified atom stereocenters. The summed E-state index contributed by atoms with van der Waals surface area (Å²) in [5.74, 6) is 0. The van der Waals surface area contributed by atoms with Gasteiger partial charge < -0.3 is 5.32 Å². The molecule has 2 aromatic carbocycles. The van der Waals surface area contributed by atoms with Gasteiger partial charge in [0.1, 0.15) is 0 Å². The van der Waals surface area contributed by atoms with Gasteiger partial charge in [-0.2, -0.15) is 0 Å². The standard InChI is InChI=1S/C15H14BrN/c1-12(13-7-3-2-4-8-13)11-17-15-10-6-5-9-14(15)16/h2-10,17H,1,11H2. The van der Waals surface area contributed by atoms with Crippen LogP contribution in [0.25, 0.3) is 5.57 Å². The van der Waals surface area contributed by atoms with Crippen LogP contribution in [0.5, 0.6) is 0 Å². The van der Waals surface area contributed by atoms with Crippen LogP contribution >= 0.6 is 15.9 Å². The molecule has 2 rings (SSSR count). The summed E-state index contributed by atoms with van der Waals surface area (Å²) in [6, 6.07) is 18.3. The summed E-state index contributed by atoms with van der Waals surface area (Å²) >= 11 is 3.51. The monoisotopic (exact) mass is 287 g/mol. The van der Waals surface area contributed by atoms with Crippen LogP contribution in [0.1, 0.15) is 5.56 Å². The van der Waals surface area contributed by atoms with Gasteiger partial charge in [0, 0.05) is 16.7 Å². The van der Waals surface area contributed by atoms with Gasteiger partial charge in [-0.25, -0.2) is 0 Å². The molecule has 1 nitrogen and oxygen atoms in total. The van der Waals surface area contributed by atoms with Crippen LogP contribution in [0.2, 0.25) is 0 Å². The van der Waals surface area contributed by atoms with E-state index in [1.807, 2.05) is 42.5 Å². The maximum atomic E-state index is 4.09. The summed E-state index contributed by atoms with van der Waals surface area (Å²) < 4.78 is 1.07. The Morgan fingerprint density at radius 2 is 1.65 bits per heavy atom. The van der Waals surface area contributed by atoms with Crippen molar-refractivity contribution < 1.29 is 0 Å².